The largest absolute Gasteiger partial charge is 0.494 e. The summed E-state index contributed by atoms with van der Waals surface area (Å²) in [4.78, 5) is 12.8. The maximum atomic E-state index is 13.5. The summed E-state index contributed by atoms with van der Waals surface area (Å²) in [5, 5.41) is 7.14. The van der Waals surface area contributed by atoms with Gasteiger partial charge in [-0.3, -0.25) is 9.10 Å². The number of hydrogen-bond acceptors (Lipinski definition) is 5. The summed E-state index contributed by atoms with van der Waals surface area (Å²) >= 11 is 0. The molecule has 4 aromatic rings. The molecule has 34 heavy (non-hydrogen) atoms. The first-order chi connectivity index (χ1) is 16.2. The van der Waals surface area contributed by atoms with Crippen molar-refractivity contribution < 1.29 is 22.3 Å². The van der Waals surface area contributed by atoms with E-state index in [1.54, 1.807) is 6.07 Å². The molecule has 1 amide bonds. The van der Waals surface area contributed by atoms with Gasteiger partial charge in [0.25, 0.3) is 5.91 Å². The number of nitrogens with zero attached hydrogens (tertiary/aromatic N) is 3. The Morgan fingerprint density at radius 3 is 2.41 bits per heavy atom. The quantitative estimate of drug-likeness (QED) is 0.435. The molecule has 10 heteroatoms. The lowest BCUT2D eigenvalue weighted by atomic mass is 10.1. The third-order valence-corrected chi connectivity index (χ3v) is 6.47. The Kier molecular flexibility index (Phi) is 6.25. The normalized spacial score (nSPS) is 11.4. The molecule has 4 rings (SSSR count). The Balaban J connectivity index is 1.95. The van der Waals surface area contributed by atoms with Crippen LogP contribution in [0.1, 0.15) is 15.9 Å². The van der Waals surface area contributed by atoms with Crippen LogP contribution in [0.25, 0.3) is 16.8 Å². The Bertz CT molecular complexity index is 1450. The molecule has 0 spiro atoms. The van der Waals surface area contributed by atoms with Gasteiger partial charge in [-0.2, -0.15) is 5.10 Å². The first kappa shape index (κ1) is 23.2. The van der Waals surface area contributed by atoms with E-state index in [4.69, 9.17) is 4.74 Å². The number of anilines is 1. The maximum Gasteiger partial charge on any atom is 0.255 e. The number of rotatable bonds is 7. The van der Waals surface area contributed by atoms with Gasteiger partial charge in [0.15, 0.2) is 0 Å². The Morgan fingerprint density at radius 2 is 1.82 bits per heavy atom. The summed E-state index contributed by atoms with van der Waals surface area (Å²) in [6, 6.07) is 16.4. The molecule has 0 aliphatic carbocycles. The van der Waals surface area contributed by atoms with Crippen LogP contribution in [0.3, 0.4) is 0 Å². The summed E-state index contributed by atoms with van der Waals surface area (Å²) in [5.74, 6) is -0.555. The van der Waals surface area contributed by atoms with Gasteiger partial charge in [-0.1, -0.05) is 30.3 Å². The minimum Gasteiger partial charge on any atom is -0.494 e. The first-order valence-corrected chi connectivity index (χ1v) is 12.2. The number of benzene rings is 2. The Hall–Kier alpha value is -3.92. The van der Waals surface area contributed by atoms with Crippen molar-refractivity contribution in [2.24, 2.45) is 0 Å². The van der Waals surface area contributed by atoms with Gasteiger partial charge < -0.3 is 10.1 Å². The zero-order chi connectivity index (χ0) is 24.5. The van der Waals surface area contributed by atoms with Crippen molar-refractivity contribution in [3.63, 3.8) is 0 Å². The fourth-order valence-electron chi connectivity index (χ4n) is 3.70. The first-order valence-electron chi connectivity index (χ1n) is 10.3. The minimum atomic E-state index is -3.71. The lowest BCUT2D eigenvalue weighted by molar-refractivity contribution is 0.0965. The predicted molar refractivity (Wildman–Crippen MR) is 128 cm³/mol. The van der Waals surface area contributed by atoms with E-state index in [9.17, 15) is 17.6 Å². The molecule has 0 aliphatic rings. The van der Waals surface area contributed by atoms with Crippen molar-refractivity contribution in [1.29, 1.82) is 0 Å². The predicted octanol–water partition coefficient (Wildman–Crippen LogP) is 3.47. The molecule has 1 N–H and O–H groups in total. The van der Waals surface area contributed by atoms with Crippen LogP contribution < -0.4 is 14.4 Å². The molecule has 0 radical (unpaired) electrons. The number of pyridine rings is 1. The number of nitrogens with one attached hydrogen (secondary N) is 1. The number of aromatic nitrogens is 2. The number of carbonyl (C=O) groups excluding carboxylic acids is 1. The van der Waals surface area contributed by atoms with Crippen LogP contribution in [0, 0.1) is 5.82 Å². The van der Waals surface area contributed by atoms with Crippen LogP contribution in [0.4, 0.5) is 10.1 Å². The fraction of sp³-hybridized carbons (Fsp3) is 0.167. The van der Waals surface area contributed by atoms with E-state index in [0.29, 0.717) is 16.8 Å². The highest BCUT2D eigenvalue weighted by atomic mass is 32.2. The lowest BCUT2D eigenvalue weighted by Crippen LogP contribution is -2.30. The molecular weight excluding hydrogens is 459 g/mol. The van der Waals surface area contributed by atoms with Gasteiger partial charge in [-0.25, -0.2) is 17.3 Å². The van der Waals surface area contributed by atoms with Crippen molar-refractivity contribution in [3.05, 3.63) is 83.8 Å². The van der Waals surface area contributed by atoms with Gasteiger partial charge in [-0.05, 0) is 29.8 Å². The standard InChI is InChI=1S/C24H23FN4O4S/c1-26-24(30)22-19-13-21(33-2)20(29(34(3,31)32)14-16-7-5-4-6-8-16)15-28(19)27-23(22)17-9-11-18(25)12-10-17/h4-13,15H,14H2,1-3H3,(H,26,30). The van der Waals surface area contributed by atoms with E-state index in [1.807, 2.05) is 30.3 Å². The SMILES string of the molecule is CNC(=O)c1c(-c2ccc(F)cc2)nn2cc(N(Cc3ccccc3)S(C)(=O)=O)c(OC)cc12. The molecule has 0 atom stereocenters. The van der Waals surface area contributed by atoms with E-state index >= 15 is 0 Å². The van der Waals surface area contributed by atoms with E-state index in [-0.39, 0.29) is 23.5 Å². The van der Waals surface area contributed by atoms with E-state index in [0.717, 1.165) is 11.8 Å². The van der Waals surface area contributed by atoms with Gasteiger partial charge in [0.2, 0.25) is 10.0 Å². The third-order valence-electron chi connectivity index (χ3n) is 5.34. The Labute approximate surface area is 196 Å². The molecule has 0 unspecified atom stereocenters. The van der Waals surface area contributed by atoms with Gasteiger partial charge in [0.1, 0.15) is 22.9 Å². The summed E-state index contributed by atoms with van der Waals surface area (Å²) in [6.45, 7) is 0.0793. The molecule has 0 bridgehead atoms. The second-order valence-corrected chi connectivity index (χ2v) is 9.53. The molecule has 0 saturated carbocycles. The van der Waals surface area contributed by atoms with Crippen LogP contribution in [0.2, 0.25) is 0 Å². The topological polar surface area (TPSA) is 93.0 Å². The van der Waals surface area contributed by atoms with E-state index in [1.165, 1.54) is 53.4 Å². The van der Waals surface area contributed by atoms with Gasteiger partial charge in [-0.15, -0.1) is 0 Å². The van der Waals surface area contributed by atoms with Crippen molar-refractivity contribution in [2.45, 2.75) is 6.54 Å². The summed E-state index contributed by atoms with van der Waals surface area (Å²) in [5.41, 5.74) is 2.58. The maximum absolute atomic E-state index is 13.5. The second kappa shape index (κ2) is 9.14. The zero-order valence-corrected chi connectivity index (χ0v) is 19.6. The zero-order valence-electron chi connectivity index (χ0n) is 18.8. The third kappa shape index (κ3) is 4.44. The monoisotopic (exact) mass is 482 g/mol. The van der Waals surface area contributed by atoms with Crippen molar-refractivity contribution >= 4 is 27.1 Å². The number of fused-ring (bicyclic) bond motifs is 1. The molecule has 2 aromatic carbocycles. The molecule has 0 saturated heterocycles. The summed E-state index contributed by atoms with van der Waals surface area (Å²) < 4.78 is 47.2. The number of halogens is 1. The number of ether oxygens (including phenoxy) is 1. The lowest BCUT2D eigenvalue weighted by Gasteiger charge is -2.24. The fourth-order valence-corrected chi connectivity index (χ4v) is 4.58. The van der Waals surface area contributed by atoms with Crippen LogP contribution >= 0.6 is 0 Å². The van der Waals surface area contributed by atoms with Gasteiger partial charge in [0.05, 0.1) is 37.2 Å². The average molecular weight is 483 g/mol. The molecule has 2 aromatic heterocycles. The van der Waals surface area contributed by atoms with Gasteiger partial charge >= 0.3 is 0 Å². The van der Waals surface area contributed by atoms with Gasteiger partial charge in [0, 0.05) is 18.7 Å². The molecule has 0 fully saturated rings. The summed E-state index contributed by atoms with van der Waals surface area (Å²) in [6.07, 6.45) is 2.63. The second-order valence-electron chi connectivity index (χ2n) is 7.62. The van der Waals surface area contributed by atoms with Crippen LogP contribution in [-0.4, -0.2) is 44.4 Å². The van der Waals surface area contributed by atoms with E-state index < -0.39 is 21.7 Å². The highest BCUT2D eigenvalue weighted by molar-refractivity contribution is 7.92. The molecule has 8 nitrogen and oxygen atoms in total. The van der Waals surface area contributed by atoms with Crippen LogP contribution in [0.5, 0.6) is 5.75 Å². The molecular formula is C24H23FN4O4S. The van der Waals surface area contributed by atoms with Crippen molar-refractivity contribution in [2.75, 3.05) is 24.7 Å². The number of carbonyl (C=O) groups is 1. The number of sulfonamides is 1. The van der Waals surface area contributed by atoms with Crippen LogP contribution in [-0.2, 0) is 16.6 Å². The highest BCUT2D eigenvalue weighted by Crippen LogP contribution is 2.36. The Morgan fingerprint density at radius 1 is 1.15 bits per heavy atom. The average Bonchev–Trinajstić information content (AvgIpc) is 3.20. The molecule has 176 valence electrons. The van der Waals surface area contributed by atoms with Crippen molar-refractivity contribution in [3.8, 4) is 17.0 Å². The highest BCUT2D eigenvalue weighted by Gasteiger charge is 2.26. The van der Waals surface area contributed by atoms with Crippen molar-refractivity contribution in [1.82, 2.24) is 14.9 Å². The smallest absolute Gasteiger partial charge is 0.255 e. The minimum absolute atomic E-state index is 0.0793. The van der Waals surface area contributed by atoms with E-state index in [2.05, 4.69) is 10.4 Å². The number of hydrogen-bond donors (Lipinski definition) is 1. The molecule has 2 heterocycles. The molecule has 0 aliphatic heterocycles. The number of amides is 1. The number of methoxy groups -OCH3 is 1. The summed E-state index contributed by atoms with van der Waals surface area (Å²) in [7, 11) is -0.784. The van der Waals surface area contributed by atoms with Crippen LogP contribution in [0.15, 0.2) is 66.9 Å².